The van der Waals surface area contributed by atoms with Crippen LogP contribution in [0.4, 0.5) is 5.69 Å². The van der Waals surface area contributed by atoms with E-state index >= 15 is 0 Å². The first-order valence-electron chi connectivity index (χ1n) is 12.4. The van der Waals surface area contributed by atoms with E-state index in [1.807, 2.05) is 31.2 Å². The van der Waals surface area contributed by atoms with E-state index in [0.717, 1.165) is 23.4 Å². The third-order valence-electron chi connectivity index (χ3n) is 5.71. The molecule has 184 valence electrons. The van der Waals surface area contributed by atoms with E-state index < -0.39 is 5.97 Å². The first-order chi connectivity index (χ1) is 17.0. The minimum Gasteiger partial charge on any atom is -0.507 e. The van der Waals surface area contributed by atoms with Gasteiger partial charge in [0.25, 0.3) is 0 Å². The van der Waals surface area contributed by atoms with E-state index in [4.69, 9.17) is 9.47 Å². The van der Waals surface area contributed by atoms with Crippen LogP contribution in [0.5, 0.6) is 17.2 Å². The molecule has 0 aliphatic heterocycles. The minimum atomic E-state index is -0.496. The molecule has 3 aromatic rings. The van der Waals surface area contributed by atoms with Gasteiger partial charge in [0.2, 0.25) is 0 Å². The van der Waals surface area contributed by atoms with Gasteiger partial charge in [0.05, 0.1) is 17.9 Å². The molecule has 0 fully saturated rings. The van der Waals surface area contributed by atoms with Crippen molar-refractivity contribution in [3.05, 3.63) is 83.4 Å². The summed E-state index contributed by atoms with van der Waals surface area (Å²) in [5.41, 5.74) is 2.90. The Morgan fingerprint density at radius 3 is 2.20 bits per heavy atom. The number of phenolic OH excluding ortho intramolecular Hbond substituents is 1. The lowest BCUT2D eigenvalue weighted by Crippen LogP contribution is -2.08. The summed E-state index contributed by atoms with van der Waals surface area (Å²) in [6.45, 7) is 4.92. The second kappa shape index (κ2) is 14.0. The van der Waals surface area contributed by atoms with Gasteiger partial charge in [0.15, 0.2) is 0 Å². The quantitative estimate of drug-likeness (QED) is 0.119. The molecule has 0 spiro atoms. The number of hydrogen-bond donors (Lipinski definition) is 1. The molecular weight excluding hydrogens is 438 g/mol. The normalized spacial score (nSPS) is 11.0. The average Bonchev–Trinajstić information content (AvgIpc) is 2.86. The number of aryl methyl sites for hydroxylation is 1. The zero-order valence-corrected chi connectivity index (χ0v) is 20.7. The predicted octanol–water partition coefficient (Wildman–Crippen LogP) is 7.80. The topological polar surface area (TPSA) is 68.1 Å². The Labute approximate surface area is 208 Å². The zero-order chi connectivity index (χ0) is 24.9. The summed E-state index contributed by atoms with van der Waals surface area (Å²) in [4.78, 5) is 16.9. The van der Waals surface area contributed by atoms with E-state index in [1.54, 1.807) is 42.6 Å². The molecule has 0 aromatic heterocycles. The number of ether oxygens (including phenoxy) is 2. The molecule has 0 atom stereocenters. The van der Waals surface area contributed by atoms with Gasteiger partial charge < -0.3 is 14.6 Å². The van der Waals surface area contributed by atoms with E-state index in [1.165, 1.54) is 44.6 Å². The van der Waals surface area contributed by atoms with Gasteiger partial charge in [-0.25, -0.2) is 4.79 Å². The van der Waals surface area contributed by atoms with Gasteiger partial charge in [-0.3, -0.25) is 4.99 Å². The Morgan fingerprint density at radius 1 is 0.857 bits per heavy atom. The maximum absolute atomic E-state index is 12.5. The lowest BCUT2D eigenvalue weighted by atomic mass is 10.1. The van der Waals surface area contributed by atoms with Crippen molar-refractivity contribution in [3.8, 4) is 17.2 Å². The fraction of sp³-hybridized carbons (Fsp3) is 0.333. The van der Waals surface area contributed by atoms with Crippen molar-refractivity contribution in [2.24, 2.45) is 4.99 Å². The van der Waals surface area contributed by atoms with Crippen molar-refractivity contribution in [1.82, 2.24) is 0 Å². The first-order valence-corrected chi connectivity index (χ1v) is 12.4. The number of nitrogens with zero attached hydrogens (tertiary/aromatic N) is 1. The summed E-state index contributed by atoms with van der Waals surface area (Å²) in [6, 6.07) is 19.4. The largest absolute Gasteiger partial charge is 0.507 e. The number of aromatic hydroxyl groups is 1. The van der Waals surface area contributed by atoms with Gasteiger partial charge in [0.1, 0.15) is 17.2 Å². The van der Waals surface area contributed by atoms with Crippen LogP contribution in [0.1, 0.15) is 73.4 Å². The van der Waals surface area contributed by atoms with Gasteiger partial charge in [0, 0.05) is 17.8 Å². The van der Waals surface area contributed by atoms with E-state index in [2.05, 4.69) is 11.9 Å². The number of phenols is 1. The van der Waals surface area contributed by atoms with Crippen molar-refractivity contribution in [2.45, 2.75) is 58.8 Å². The summed E-state index contributed by atoms with van der Waals surface area (Å²) in [7, 11) is 0. The molecule has 0 amide bonds. The molecule has 0 saturated heterocycles. The highest BCUT2D eigenvalue weighted by molar-refractivity contribution is 5.91. The number of benzene rings is 3. The molecule has 5 nitrogen and oxygen atoms in total. The number of aliphatic imine (C=N–C) groups is 1. The summed E-state index contributed by atoms with van der Waals surface area (Å²) in [5, 5.41) is 10.3. The fourth-order valence-corrected chi connectivity index (χ4v) is 3.57. The molecule has 0 unspecified atom stereocenters. The van der Waals surface area contributed by atoms with E-state index in [9.17, 15) is 9.90 Å². The van der Waals surface area contributed by atoms with Crippen LogP contribution in [-0.2, 0) is 0 Å². The molecule has 0 heterocycles. The Balaban J connectivity index is 1.46. The van der Waals surface area contributed by atoms with Crippen LogP contribution in [0.2, 0.25) is 0 Å². The number of rotatable bonds is 13. The van der Waals surface area contributed by atoms with Crippen LogP contribution in [0.15, 0.2) is 71.7 Å². The van der Waals surface area contributed by atoms with Crippen molar-refractivity contribution in [3.63, 3.8) is 0 Å². The van der Waals surface area contributed by atoms with Crippen LogP contribution in [0, 0.1) is 6.92 Å². The maximum atomic E-state index is 12.5. The van der Waals surface area contributed by atoms with Gasteiger partial charge in [-0.2, -0.15) is 0 Å². The molecule has 0 radical (unpaired) electrons. The van der Waals surface area contributed by atoms with E-state index in [0.29, 0.717) is 17.7 Å². The van der Waals surface area contributed by atoms with E-state index in [-0.39, 0.29) is 11.5 Å². The molecule has 0 bridgehead atoms. The first kappa shape index (κ1) is 26.0. The standard InChI is InChI=1S/C30H35NO4/c1-3-4-5-6-7-8-9-20-34-27-17-12-24(13-18-27)30(33)35-28-19-14-25(29(32)21-28)22-31-26-15-10-23(2)11-16-26/h10-19,21-22,32H,3-9,20H2,1-2H3. The Morgan fingerprint density at radius 2 is 1.51 bits per heavy atom. The summed E-state index contributed by atoms with van der Waals surface area (Å²) < 4.78 is 11.2. The van der Waals surface area contributed by atoms with Crippen molar-refractivity contribution < 1.29 is 19.4 Å². The Bertz CT molecular complexity index is 1090. The molecule has 5 heteroatoms. The summed E-state index contributed by atoms with van der Waals surface area (Å²) in [5.74, 6) is 0.492. The summed E-state index contributed by atoms with van der Waals surface area (Å²) in [6.07, 6.45) is 10.3. The number of carbonyl (C=O) groups excluding carboxylic acids is 1. The SMILES string of the molecule is CCCCCCCCCOc1ccc(C(=O)Oc2ccc(C=Nc3ccc(C)cc3)c(O)c2)cc1. The van der Waals surface area contributed by atoms with Crippen LogP contribution in [0.3, 0.4) is 0 Å². The van der Waals surface area contributed by atoms with Crippen LogP contribution < -0.4 is 9.47 Å². The molecule has 0 saturated carbocycles. The molecule has 1 N–H and O–H groups in total. The van der Waals surface area contributed by atoms with Gasteiger partial charge in [-0.05, 0) is 61.9 Å². The van der Waals surface area contributed by atoms with Gasteiger partial charge in [-0.15, -0.1) is 0 Å². The molecule has 35 heavy (non-hydrogen) atoms. The molecular formula is C30H35NO4. The highest BCUT2D eigenvalue weighted by Crippen LogP contribution is 2.24. The number of esters is 1. The number of unbranched alkanes of at least 4 members (excludes halogenated alkanes) is 6. The average molecular weight is 474 g/mol. The minimum absolute atomic E-state index is 0.0136. The molecule has 3 aromatic carbocycles. The smallest absolute Gasteiger partial charge is 0.343 e. The van der Waals surface area contributed by atoms with Crippen molar-refractivity contribution >= 4 is 17.9 Å². The lowest BCUT2D eigenvalue weighted by molar-refractivity contribution is 0.0734. The number of carbonyl (C=O) groups is 1. The van der Waals surface area contributed by atoms with Crippen molar-refractivity contribution in [1.29, 1.82) is 0 Å². The zero-order valence-electron chi connectivity index (χ0n) is 20.7. The number of hydrogen-bond acceptors (Lipinski definition) is 5. The Kier molecular flexibility index (Phi) is 10.4. The third-order valence-corrected chi connectivity index (χ3v) is 5.71. The molecule has 3 rings (SSSR count). The maximum Gasteiger partial charge on any atom is 0.343 e. The fourth-order valence-electron chi connectivity index (χ4n) is 3.57. The van der Waals surface area contributed by atoms with Gasteiger partial charge in [-0.1, -0.05) is 63.1 Å². The van der Waals surface area contributed by atoms with Crippen LogP contribution >= 0.6 is 0 Å². The Hall–Kier alpha value is -3.60. The predicted molar refractivity (Wildman–Crippen MR) is 141 cm³/mol. The second-order valence-electron chi connectivity index (χ2n) is 8.70. The monoisotopic (exact) mass is 473 g/mol. The van der Waals surface area contributed by atoms with Gasteiger partial charge >= 0.3 is 5.97 Å². The summed E-state index contributed by atoms with van der Waals surface area (Å²) >= 11 is 0. The lowest BCUT2D eigenvalue weighted by Gasteiger charge is -2.08. The highest BCUT2D eigenvalue weighted by atomic mass is 16.5. The van der Waals surface area contributed by atoms with Crippen LogP contribution in [0.25, 0.3) is 0 Å². The molecule has 0 aliphatic rings. The highest BCUT2D eigenvalue weighted by Gasteiger charge is 2.10. The third kappa shape index (κ3) is 8.93. The van der Waals surface area contributed by atoms with Crippen LogP contribution in [-0.4, -0.2) is 23.9 Å². The second-order valence-corrected chi connectivity index (χ2v) is 8.70. The molecule has 0 aliphatic carbocycles. The van der Waals surface area contributed by atoms with Crippen molar-refractivity contribution in [2.75, 3.05) is 6.61 Å².